The lowest BCUT2D eigenvalue weighted by atomic mass is 9.91. The van der Waals surface area contributed by atoms with Crippen LogP contribution in [0.4, 0.5) is 0 Å². The van der Waals surface area contributed by atoms with Crippen molar-refractivity contribution in [1.82, 2.24) is 4.90 Å². The summed E-state index contributed by atoms with van der Waals surface area (Å²) in [4.78, 5) is 14.7. The van der Waals surface area contributed by atoms with E-state index in [-0.39, 0.29) is 11.8 Å². The minimum absolute atomic E-state index is 0.168. The highest BCUT2D eigenvalue weighted by Crippen LogP contribution is 2.56. The molecule has 0 heterocycles. The van der Waals surface area contributed by atoms with Gasteiger partial charge in [0.25, 0.3) is 0 Å². The first kappa shape index (κ1) is 14.4. The molecule has 1 aliphatic carbocycles. The summed E-state index contributed by atoms with van der Waals surface area (Å²) in [7, 11) is 0. The lowest BCUT2D eigenvalue weighted by Crippen LogP contribution is -2.41. The van der Waals surface area contributed by atoms with Crippen molar-refractivity contribution in [3.05, 3.63) is 34.9 Å². The molecule has 19 heavy (non-hydrogen) atoms. The average Bonchev–Trinajstić information content (AvgIpc) is 3.16. The van der Waals surface area contributed by atoms with Gasteiger partial charge in [0, 0.05) is 18.1 Å². The molecule has 0 aromatic heterocycles. The molecule has 0 unspecified atom stereocenters. The van der Waals surface area contributed by atoms with Crippen LogP contribution in [-0.2, 0) is 10.2 Å². The van der Waals surface area contributed by atoms with Gasteiger partial charge < -0.3 is 10.6 Å². The fourth-order valence-corrected chi connectivity index (χ4v) is 3.24. The second-order valence-electron chi connectivity index (χ2n) is 5.07. The van der Waals surface area contributed by atoms with Gasteiger partial charge in [0.2, 0.25) is 5.91 Å². The molecule has 1 aromatic carbocycles. The van der Waals surface area contributed by atoms with Gasteiger partial charge in [0.05, 0.1) is 5.41 Å². The number of nitrogens with zero attached hydrogens (tertiary/aromatic N) is 1. The van der Waals surface area contributed by atoms with E-state index in [0.717, 1.165) is 25.1 Å². The second kappa shape index (κ2) is 5.51. The van der Waals surface area contributed by atoms with Crippen LogP contribution in [0.5, 0.6) is 0 Å². The van der Waals surface area contributed by atoms with Crippen molar-refractivity contribution in [2.24, 2.45) is 11.7 Å². The van der Waals surface area contributed by atoms with Crippen LogP contribution in [0.25, 0.3) is 0 Å². The molecule has 2 atom stereocenters. The molecule has 1 aliphatic rings. The normalized spacial score (nSPS) is 25.2. The second-order valence-corrected chi connectivity index (χ2v) is 5.47. The quantitative estimate of drug-likeness (QED) is 0.900. The van der Waals surface area contributed by atoms with Crippen LogP contribution in [0, 0.1) is 5.92 Å². The van der Waals surface area contributed by atoms with E-state index in [0.29, 0.717) is 11.6 Å². The number of amides is 1. The summed E-state index contributed by atoms with van der Waals surface area (Å²) in [5.41, 5.74) is 6.25. The maximum atomic E-state index is 12.8. The zero-order valence-corrected chi connectivity index (χ0v) is 12.3. The number of hydrogen-bond donors (Lipinski definition) is 1. The third-order valence-corrected chi connectivity index (χ3v) is 4.51. The van der Waals surface area contributed by atoms with Crippen molar-refractivity contribution >= 4 is 17.5 Å². The van der Waals surface area contributed by atoms with Gasteiger partial charge in [-0.2, -0.15) is 0 Å². The minimum Gasteiger partial charge on any atom is -0.342 e. The summed E-state index contributed by atoms with van der Waals surface area (Å²) in [6, 6.07) is 7.63. The van der Waals surface area contributed by atoms with Crippen molar-refractivity contribution < 1.29 is 4.79 Å². The van der Waals surface area contributed by atoms with E-state index >= 15 is 0 Å². The van der Waals surface area contributed by atoms with Crippen molar-refractivity contribution in [2.45, 2.75) is 25.7 Å². The Morgan fingerprint density at radius 2 is 2.05 bits per heavy atom. The average molecular weight is 281 g/mol. The van der Waals surface area contributed by atoms with Gasteiger partial charge in [-0.15, -0.1) is 0 Å². The number of halogens is 1. The molecule has 0 spiro atoms. The molecule has 104 valence electrons. The van der Waals surface area contributed by atoms with Crippen LogP contribution >= 0.6 is 11.6 Å². The predicted molar refractivity (Wildman–Crippen MR) is 78.2 cm³/mol. The van der Waals surface area contributed by atoms with E-state index in [2.05, 4.69) is 0 Å². The number of rotatable bonds is 5. The Balaban J connectivity index is 2.41. The molecule has 2 N–H and O–H groups in total. The molecule has 0 saturated heterocycles. The highest BCUT2D eigenvalue weighted by molar-refractivity contribution is 6.32. The number of nitrogens with two attached hydrogens (primary N) is 1. The number of hydrogen-bond acceptors (Lipinski definition) is 2. The lowest BCUT2D eigenvalue weighted by Gasteiger charge is -2.27. The molecule has 0 radical (unpaired) electrons. The van der Waals surface area contributed by atoms with Crippen molar-refractivity contribution in [3.63, 3.8) is 0 Å². The SMILES string of the molecule is CCN(CC)C(=O)[C@]1(c2ccccc2Cl)C[C@@H]1CN. The first-order valence-electron chi connectivity index (χ1n) is 6.86. The molecule has 3 nitrogen and oxygen atoms in total. The van der Waals surface area contributed by atoms with Crippen LogP contribution < -0.4 is 5.73 Å². The topological polar surface area (TPSA) is 46.3 Å². The molecular weight excluding hydrogens is 260 g/mol. The standard InChI is InChI=1S/C15H21ClN2O/c1-3-18(4-2)14(19)15(9-11(15)10-17)12-7-5-6-8-13(12)16/h5-8,11H,3-4,9-10,17H2,1-2H3/t11-,15-/m1/s1. The summed E-state index contributed by atoms with van der Waals surface area (Å²) in [6.45, 7) is 5.97. The first-order valence-corrected chi connectivity index (χ1v) is 7.24. The Kier molecular flexibility index (Phi) is 4.16. The van der Waals surface area contributed by atoms with Crippen LogP contribution in [0.2, 0.25) is 5.02 Å². The summed E-state index contributed by atoms with van der Waals surface area (Å²) < 4.78 is 0. The molecule has 4 heteroatoms. The third kappa shape index (κ3) is 2.26. The van der Waals surface area contributed by atoms with Crippen molar-refractivity contribution in [3.8, 4) is 0 Å². The number of carbonyl (C=O) groups is 1. The maximum absolute atomic E-state index is 12.8. The van der Waals surface area contributed by atoms with Crippen LogP contribution in [-0.4, -0.2) is 30.4 Å². The minimum atomic E-state index is -0.487. The maximum Gasteiger partial charge on any atom is 0.233 e. The van der Waals surface area contributed by atoms with E-state index < -0.39 is 5.41 Å². The summed E-state index contributed by atoms with van der Waals surface area (Å²) in [5, 5.41) is 0.666. The summed E-state index contributed by atoms with van der Waals surface area (Å²) in [6.07, 6.45) is 0.808. The molecule has 1 amide bonds. The van der Waals surface area contributed by atoms with Gasteiger partial charge in [-0.1, -0.05) is 29.8 Å². The van der Waals surface area contributed by atoms with Crippen LogP contribution in [0.1, 0.15) is 25.8 Å². The van der Waals surface area contributed by atoms with Gasteiger partial charge in [-0.25, -0.2) is 0 Å². The Morgan fingerprint density at radius 1 is 1.42 bits per heavy atom. The van der Waals surface area contributed by atoms with Crippen molar-refractivity contribution in [2.75, 3.05) is 19.6 Å². The smallest absolute Gasteiger partial charge is 0.233 e. The Labute approximate surface area is 119 Å². The highest BCUT2D eigenvalue weighted by Gasteiger charge is 2.61. The van der Waals surface area contributed by atoms with Gasteiger partial charge in [0.15, 0.2) is 0 Å². The molecule has 0 aliphatic heterocycles. The van der Waals surface area contributed by atoms with Gasteiger partial charge in [-0.05, 0) is 44.4 Å². The molecule has 1 aromatic rings. The molecular formula is C15H21ClN2O. The van der Waals surface area contributed by atoms with Crippen LogP contribution in [0.3, 0.4) is 0 Å². The predicted octanol–water partition coefficient (Wildman–Crippen LogP) is 2.42. The molecule has 2 rings (SSSR count). The zero-order chi connectivity index (χ0) is 14.0. The monoisotopic (exact) mass is 280 g/mol. The van der Waals surface area contributed by atoms with Gasteiger partial charge in [0.1, 0.15) is 0 Å². The summed E-state index contributed by atoms with van der Waals surface area (Å²) in [5.74, 6) is 0.376. The molecule has 1 fully saturated rings. The lowest BCUT2D eigenvalue weighted by molar-refractivity contribution is -0.134. The van der Waals surface area contributed by atoms with Crippen molar-refractivity contribution in [1.29, 1.82) is 0 Å². The van der Waals surface area contributed by atoms with Gasteiger partial charge >= 0.3 is 0 Å². The zero-order valence-electron chi connectivity index (χ0n) is 11.5. The fourth-order valence-electron chi connectivity index (χ4n) is 2.94. The highest BCUT2D eigenvalue weighted by atomic mass is 35.5. The number of carbonyl (C=O) groups excluding carboxylic acids is 1. The molecule has 1 saturated carbocycles. The largest absolute Gasteiger partial charge is 0.342 e. The molecule has 0 bridgehead atoms. The third-order valence-electron chi connectivity index (χ3n) is 4.18. The van der Waals surface area contributed by atoms with E-state index in [1.54, 1.807) is 0 Å². The van der Waals surface area contributed by atoms with Gasteiger partial charge in [-0.3, -0.25) is 4.79 Å². The first-order chi connectivity index (χ1) is 9.11. The van der Waals surface area contributed by atoms with Crippen LogP contribution in [0.15, 0.2) is 24.3 Å². The Morgan fingerprint density at radius 3 is 2.53 bits per heavy atom. The van der Waals surface area contributed by atoms with E-state index in [4.69, 9.17) is 17.3 Å². The Bertz CT molecular complexity index is 473. The fraction of sp³-hybridized carbons (Fsp3) is 0.533. The number of benzene rings is 1. The van der Waals surface area contributed by atoms with E-state index in [1.807, 2.05) is 43.0 Å². The number of likely N-dealkylation sites (N-methyl/N-ethyl adjacent to an activating group) is 1. The summed E-state index contributed by atoms with van der Waals surface area (Å²) >= 11 is 6.29. The van der Waals surface area contributed by atoms with E-state index in [9.17, 15) is 4.79 Å². The van der Waals surface area contributed by atoms with E-state index in [1.165, 1.54) is 0 Å². The Hall–Kier alpha value is -1.06.